The van der Waals surface area contributed by atoms with Gasteiger partial charge in [0.1, 0.15) is 5.75 Å². The van der Waals surface area contributed by atoms with Crippen LogP contribution in [-0.2, 0) is 0 Å². The maximum Gasteiger partial charge on any atom is 0.164 e. The Morgan fingerprint density at radius 2 is 2.05 bits per heavy atom. The lowest BCUT2D eigenvalue weighted by molar-refractivity contribution is 0.0958. The van der Waals surface area contributed by atoms with Crippen LogP contribution in [0.2, 0.25) is 0 Å². The van der Waals surface area contributed by atoms with Crippen LogP contribution >= 0.6 is 0 Å². The molecule has 1 aliphatic rings. The number of benzene rings is 1. The summed E-state index contributed by atoms with van der Waals surface area (Å²) < 4.78 is 5.38. The summed E-state index contributed by atoms with van der Waals surface area (Å²) in [6.07, 6.45) is 4.39. The van der Waals surface area contributed by atoms with Crippen molar-refractivity contribution >= 4 is 11.5 Å². The molecule has 1 heterocycles. The lowest BCUT2D eigenvalue weighted by Crippen LogP contribution is -2.31. The van der Waals surface area contributed by atoms with Crippen molar-refractivity contribution in [3.63, 3.8) is 0 Å². The van der Waals surface area contributed by atoms with E-state index in [0.29, 0.717) is 30.0 Å². The normalized spacial score (nSPS) is 16.1. The maximum atomic E-state index is 12.2. The minimum absolute atomic E-state index is 0.158. The van der Waals surface area contributed by atoms with E-state index in [-0.39, 0.29) is 5.78 Å². The summed E-state index contributed by atoms with van der Waals surface area (Å²) in [5, 5.41) is 0. The Bertz CT molecular complexity index is 454. The van der Waals surface area contributed by atoms with Gasteiger partial charge in [0, 0.05) is 18.5 Å². The molecule has 0 atom stereocenters. The summed E-state index contributed by atoms with van der Waals surface area (Å²) in [4.78, 5) is 14.6. The summed E-state index contributed by atoms with van der Waals surface area (Å²) in [5.41, 5.74) is 7.12. The van der Waals surface area contributed by atoms with Gasteiger partial charge in [-0.3, -0.25) is 4.79 Å². The van der Waals surface area contributed by atoms with Gasteiger partial charge in [-0.15, -0.1) is 0 Å². The van der Waals surface area contributed by atoms with E-state index >= 15 is 0 Å². The van der Waals surface area contributed by atoms with Crippen LogP contribution in [0.5, 0.6) is 5.75 Å². The van der Waals surface area contributed by atoms with Gasteiger partial charge in [0.15, 0.2) is 5.78 Å². The van der Waals surface area contributed by atoms with Crippen molar-refractivity contribution in [1.29, 1.82) is 0 Å². The molecule has 1 aliphatic heterocycles. The summed E-state index contributed by atoms with van der Waals surface area (Å²) in [6.45, 7) is 5.59. The van der Waals surface area contributed by atoms with E-state index in [1.165, 1.54) is 19.3 Å². The third-order valence-corrected chi connectivity index (χ3v) is 3.74. The van der Waals surface area contributed by atoms with Gasteiger partial charge in [-0.05, 0) is 51.1 Å². The smallest absolute Gasteiger partial charge is 0.164 e. The molecule has 1 aromatic rings. The highest BCUT2D eigenvalue weighted by molar-refractivity contribution is 5.97. The minimum Gasteiger partial charge on any atom is -0.492 e. The van der Waals surface area contributed by atoms with Crippen molar-refractivity contribution in [2.45, 2.75) is 32.6 Å². The van der Waals surface area contributed by atoms with E-state index in [1.54, 1.807) is 18.2 Å². The van der Waals surface area contributed by atoms with Crippen molar-refractivity contribution in [2.24, 2.45) is 0 Å². The molecule has 0 spiro atoms. The average molecular weight is 276 g/mol. The quantitative estimate of drug-likeness (QED) is 0.641. The summed E-state index contributed by atoms with van der Waals surface area (Å²) in [7, 11) is 0. The molecule has 0 aromatic heterocycles. The van der Waals surface area contributed by atoms with Crippen LogP contribution in [0.25, 0.3) is 0 Å². The average Bonchev–Trinajstić information content (AvgIpc) is 2.48. The number of nitrogens with two attached hydrogens (primary N) is 1. The fraction of sp³-hybridized carbons (Fsp3) is 0.562. The van der Waals surface area contributed by atoms with Crippen LogP contribution < -0.4 is 10.5 Å². The van der Waals surface area contributed by atoms with Crippen LogP contribution in [0.1, 0.15) is 43.0 Å². The molecule has 0 amide bonds. The van der Waals surface area contributed by atoms with Crippen LogP contribution in [0.3, 0.4) is 0 Å². The molecule has 0 unspecified atom stereocenters. The first kappa shape index (κ1) is 14.9. The number of Topliss-reactive ketones (excluding diaryl/α,β-unsaturated/α-hetero) is 1. The molecule has 0 bridgehead atoms. The van der Waals surface area contributed by atoms with Crippen LogP contribution in [0.15, 0.2) is 18.2 Å². The SMILES string of the molecule is CCOc1ccc(C(=O)CCN2CCCCC2)cc1N. The molecule has 0 aliphatic carbocycles. The second-order valence-corrected chi connectivity index (χ2v) is 5.26. The zero-order chi connectivity index (χ0) is 14.4. The molecule has 110 valence electrons. The Kier molecular flexibility index (Phi) is 5.41. The predicted octanol–water partition coefficient (Wildman–Crippen LogP) is 2.73. The van der Waals surface area contributed by atoms with E-state index in [2.05, 4.69) is 4.90 Å². The van der Waals surface area contributed by atoms with E-state index in [0.717, 1.165) is 19.6 Å². The number of hydrogen-bond acceptors (Lipinski definition) is 4. The Morgan fingerprint density at radius 3 is 2.70 bits per heavy atom. The second-order valence-electron chi connectivity index (χ2n) is 5.26. The zero-order valence-corrected chi connectivity index (χ0v) is 12.2. The number of nitrogens with zero attached hydrogens (tertiary/aromatic N) is 1. The Morgan fingerprint density at radius 1 is 1.30 bits per heavy atom. The third kappa shape index (κ3) is 3.97. The summed E-state index contributed by atoms with van der Waals surface area (Å²) >= 11 is 0. The van der Waals surface area contributed by atoms with E-state index in [1.807, 2.05) is 6.92 Å². The lowest BCUT2D eigenvalue weighted by Gasteiger charge is -2.25. The number of carbonyl (C=O) groups excluding carboxylic acids is 1. The number of rotatable bonds is 6. The number of carbonyl (C=O) groups is 1. The van der Waals surface area contributed by atoms with Crippen molar-refractivity contribution in [3.8, 4) is 5.75 Å². The standard InChI is InChI=1S/C16H24N2O2/c1-2-20-16-7-6-13(12-14(16)17)15(19)8-11-18-9-4-3-5-10-18/h6-7,12H,2-5,8-11,17H2,1H3. The monoisotopic (exact) mass is 276 g/mol. The molecule has 1 saturated heterocycles. The molecular formula is C16H24N2O2. The molecule has 4 nitrogen and oxygen atoms in total. The van der Waals surface area contributed by atoms with E-state index in [9.17, 15) is 4.79 Å². The highest BCUT2D eigenvalue weighted by Gasteiger charge is 2.13. The van der Waals surface area contributed by atoms with Gasteiger partial charge in [-0.2, -0.15) is 0 Å². The molecule has 20 heavy (non-hydrogen) atoms. The molecule has 2 N–H and O–H groups in total. The van der Waals surface area contributed by atoms with Crippen LogP contribution in [-0.4, -0.2) is 36.9 Å². The Labute approximate surface area is 120 Å². The van der Waals surface area contributed by atoms with Gasteiger partial charge in [0.05, 0.1) is 12.3 Å². The van der Waals surface area contributed by atoms with Gasteiger partial charge in [0.2, 0.25) is 0 Å². The predicted molar refractivity (Wildman–Crippen MR) is 81.3 cm³/mol. The number of nitrogen functional groups attached to an aromatic ring is 1. The van der Waals surface area contributed by atoms with Gasteiger partial charge in [0.25, 0.3) is 0 Å². The van der Waals surface area contributed by atoms with Gasteiger partial charge < -0.3 is 15.4 Å². The molecule has 2 rings (SSSR count). The Balaban J connectivity index is 1.89. The first-order valence-corrected chi connectivity index (χ1v) is 7.48. The van der Waals surface area contributed by atoms with Crippen molar-refractivity contribution in [1.82, 2.24) is 4.90 Å². The lowest BCUT2D eigenvalue weighted by atomic mass is 10.1. The highest BCUT2D eigenvalue weighted by atomic mass is 16.5. The Hall–Kier alpha value is -1.55. The van der Waals surface area contributed by atoms with Gasteiger partial charge in [-0.1, -0.05) is 6.42 Å². The summed E-state index contributed by atoms with van der Waals surface area (Å²) in [6, 6.07) is 5.32. The molecule has 1 fully saturated rings. The topological polar surface area (TPSA) is 55.6 Å². The number of ether oxygens (including phenoxy) is 1. The third-order valence-electron chi connectivity index (χ3n) is 3.74. The largest absolute Gasteiger partial charge is 0.492 e. The molecule has 4 heteroatoms. The fourth-order valence-electron chi connectivity index (χ4n) is 2.60. The molecule has 0 saturated carbocycles. The van der Waals surface area contributed by atoms with Crippen molar-refractivity contribution < 1.29 is 9.53 Å². The number of ketones is 1. The highest BCUT2D eigenvalue weighted by Crippen LogP contribution is 2.23. The minimum atomic E-state index is 0.158. The van der Waals surface area contributed by atoms with Gasteiger partial charge in [-0.25, -0.2) is 0 Å². The summed E-state index contributed by atoms with van der Waals surface area (Å²) in [5.74, 6) is 0.811. The number of piperidine rings is 1. The number of likely N-dealkylation sites (tertiary alicyclic amines) is 1. The van der Waals surface area contributed by atoms with Crippen LogP contribution in [0, 0.1) is 0 Å². The molecule has 1 aromatic carbocycles. The molecule has 0 radical (unpaired) electrons. The van der Waals surface area contributed by atoms with E-state index < -0.39 is 0 Å². The van der Waals surface area contributed by atoms with Crippen molar-refractivity contribution in [2.75, 3.05) is 32.0 Å². The van der Waals surface area contributed by atoms with Crippen molar-refractivity contribution in [3.05, 3.63) is 23.8 Å². The zero-order valence-electron chi connectivity index (χ0n) is 12.2. The maximum absolute atomic E-state index is 12.2. The first-order valence-electron chi connectivity index (χ1n) is 7.48. The number of anilines is 1. The van der Waals surface area contributed by atoms with Crippen LogP contribution in [0.4, 0.5) is 5.69 Å². The van der Waals surface area contributed by atoms with Gasteiger partial charge >= 0.3 is 0 Å². The second kappa shape index (κ2) is 7.29. The van der Waals surface area contributed by atoms with E-state index in [4.69, 9.17) is 10.5 Å². The number of hydrogen-bond donors (Lipinski definition) is 1. The fourth-order valence-corrected chi connectivity index (χ4v) is 2.60. The molecular weight excluding hydrogens is 252 g/mol. The first-order chi connectivity index (χ1) is 9.70.